The van der Waals surface area contributed by atoms with Gasteiger partial charge in [0.25, 0.3) is 0 Å². The fraction of sp³-hybridized carbons (Fsp3) is 0.375. The van der Waals surface area contributed by atoms with Gasteiger partial charge in [0.2, 0.25) is 11.6 Å². The van der Waals surface area contributed by atoms with Crippen LogP contribution in [0.3, 0.4) is 0 Å². The predicted molar refractivity (Wildman–Crippen MR) is 91.3 cm³/mol. The molecule has 2 aromatic rings. The SMILES string of the molecule is CCC(C)Nc1ncnc(Nc2cc(C)ccc2C)c1[N+](=O)[O-]. The zero-order valence-electron chi connectivity index (χ0n) is 13.8. The van der Waals surface area contributed by atoms with Gasteiger partial charge in [-0.15, -0.1) is 0 Å². The van der Waals surface area contributed by atoms with Crippen LogP contribution in [0.1, 0.15) is 31.4 Å². The fourth-order valence-corrected chi connectivity index (χ4v) is 2.08. The summed E-state index contributed by atoms with van der Waals surface area (Å²) in [6.45, 7) is 7.85. The summed E-state index contributed by atoms with van der Waals surface area (Å²) in [5.74, 6) is 0.414. The molecule has 0 saturated carbocycles. The molecule has 0 amide bonds. The Kier molecular flexibility index (Phi) is 5.10. The molecule has 7 nitrogen and oxygen atoms in total. The van der Waals surface area contributed by atoms with Gasteiger partial charge in [-0.05, 0) is 44.4 Å². The summed E-state index contributed by atoms with van der Waals surface area (Å²) >= 11 is 0. The van der Waals surface area contributed by atoms with Crippen LogP contribution in [0.15, 0.2) is 24.5 Å². The number of anilines is 3. The van der Waals surface area contributed by atoms with Crippen molar-refractivity contribution in [2.75, 3.05) is 10.6 Å². The molecule has 0 spiro atoms. The van der Waals surface area contributed by atoms with Gasteiger partial charge in [-0.25, -0.2) is 9.97 Å². The standard InChI is InChI=1S/C16H21N5O2/c1-5-12(4)19-15-14(21(22)23)16(18-9-17-15)20-13-8-10(2)6-7-11(13)3/h6-9,12H,5H2,1-4H3,(H2,17,18,19,20). The van der Waals surface area contributed by atoms with E-state index in [-0.39, 0.29) is 23.4 Å². The van der Waals surface area contributed by atoms with Crippen LogP contribution in [-0.2, 0) is 0 Å². The number of benzene rings is 1. The van der Waals surface area contributed by atoms with Gasteiger partial charge in [-0.3, -0.25) is 10.1 Å². The highest BCUT2D eigenvalue weighted by atomic mass is 16.6. The van der Waals surface area contributed by atoms with Gasteiger partial charge in [0.1, 0.15) is 6.33 Å². The number of nitrogens with one attached hydrogen (secondary N) is 2. The lowest BCUT2D eigenvalue weighted by Crippen LogP contribution is -2.16. The molecular weight excluding hydrogens is 294 g/mol. The molecule has 122 valence electrons. The maximum absolute atomic E-state index is 11.5. The number of aromatic nitrogens is 2. The van der Waals surface area contributed by atoms with Crippen molar-refractivity contribution in [3.05, 3.63) is 45.8 Å². The summed E-state index contributed by atoms with van der Waals surface area (Å²) < 4.78 is 0. The van der Waals surface area contributed by atoms with Crippen LogP contribution in [0, 0.1) is 24.0 Å². The number of hydrogen-bond donors (Lipinski definition) is 2. The van der Waals surface area contributed by atoms with E-state index in [0.29, 0.717) is 0 Å². The third kappa shape index (κ3) is 3.94. The van der Waals surface area contributed by atoms with Crippen molar-refractivity contribution in [2.45, 2.75) is 40.2 Å². The van der Waals surface area contributed by atoms with Crippen LogP contribution >= 0.6 is 0 Å². The van der Waals surface area contributed by atoms with E-state index in [1.54, 1.807) is 0 Å². The van der Waals surface area contributed by atoms with Gasteiger partial charge in [-0.1, -0.05) is 19.1 Å². The summed E-state index contributed by atoms with van der Waals surface area (Å²) in [7, 11) is 0. The molecule has 1 atom stereocenters. The first-order valence-corrected chi connectivity index (χ1v) is 7.52. The molecule has 23 heavy (non-hydrogen) atoms. The maximum Gasteiger partial charge on any atom is 0.353 e. The van der Waals surface area contributed by atoms with Crippen LogP contribution in [0.25, 0.3) is 0 Å². The Hall–Kier alpha value is -2.70. The van der Waals surface area contributed by atoms with Crippen molar-refractivity contribution >= 4 is 23.0 Å². The second-order valence-corrected chi connectivity index (χ2v) is 5.57. The molecule has 0 bridgehead atoms. The van der Waals surface area contributed by atoms with Crippen molar-refractivity contribution in [1.29, 1.82) is 0 Å². The topological polar surface area (TPSA) is 93.0 Å². The third-order valence-electron chi connectivity index (χ3n) is 3.65. The van der Waals surface area contributed by atoms with Crippen molar-refractivity contribution < 1.29 is 4.92 Å². The van der Waals surface area contributed by atoms with E-state index in [0.717, 1.165) is 23.2 Å². The van der Waals surface area contributed by atoms with E-state index in [1.165, 1.54) is 6.33 Å². The second-order valence-electron chi connectivity index (χ2n) is 5.57. The smallest absolute Gasteiger partial charge is 0.353 e. The zero-order valence-corrected chi connectivity index (χ0v) is 13.8. The summed E-state index contributed by atoms with van der Waals surface area (Å²) in [4.78, 5) is 19.1. The Morgan fingerprint density at radius 2 is 1.96 bits per heavy atom. The number of aryl methyl sites for hydroxylation is 2. The Labute approximate surface area is 135 Å². The minimum absolute atomic E-state index is 0.0807. The molecule has 7 heteroatoms. The molecule has 0 fully saturated rings. The normalized spacial score (nSPS) is 11.8. The summed E-state index contributed by atoms with van der Waals surface area (Å²) in [6.07, 6.45) is 2.16. The van der Waals surface area contributed by atoms with E-state index < -0.39 is 4.92 Å². The lowest BCUT2D eigenvalue weighted by Gasteiger charge is -2.14. The number of rotatable bonds is 6. The summed E-state index contributed by atoms with van der Waals surface area (Å²) in [5.41, 5.74) is 2.70. The Balaban J connectivity index is 2.43. The van der Waals surface area contributed by atoms with Crippen LogP contribution in [0.5, 0.6) is 0 Å². The van der Waals surface area contributed by atoms with Crippen LogP contribution in [-0.4, -0.2) is 20.9 Å². The summed E-state index contributed by atoms with van der Waals surface area (Å²) in [6, 6.07) is 5.97. The van der Waals surface area contributed by atoms with Crippen molar-refractivity contribution in [3.63, 3.8) is 0 Å². The number of nitro groups is 1. The molecule has 1 unspecified atom stereocenters. The van der Waals surface area contributed by atoms with Crippen molar-refractivity contribution in [3.8, 4) is 0 Å². The van der Waals surface area contributed by atoms with Crippen LogP contribution in [0.4, 0.5) is 23.0 Å². The average molecular weight is 315 g/mol. The maximum atomic E-state index is 11.5. The van der Waals surface area contributed by atoms with E-state index in [2.05, 4.69) is 20.6 Å². The molecule has 2 N–H and O–H groups in total. The lowest BCUT2D eigenvalue weighted by molar-refractivity contribution is -0.383. The quantitative estimate of drug-likeness (QED) is 0.619. The highest BCUT2D eigenvalue weighted by Crippen LogP contribution is 2.32. The zero-order chi connectivity index (χ0) is 17.0. The van der Waals surface area contributed by atoms with E-state index in [4.69, 9.17) is 0 Å². The van der Waals surface area contributed by atoms with Gasteiger partial charge >= 0.3 is 5.69 Å². The Bertz CT molecular complexity index is 718. The number of nitrogens with zero attached hydrogens (tertiary/aromatic N) is 3. The average Bonchev–Trinajstić information content (AvgIpc) is 2.50. The Morgan fingerprint density at radius 1 is 1.26 bits per heavy atom. The van der Waals surface area contributed by atoms with Gasteiger partial charge in [0.05, 0.1) is 4.92 Å². The van der Waals surface area contributed by atoms with E-state index >= 15 is 0 Å². The fourth-order valence-electron chi connectivity index (χ4n) is 2.08. The molecular formula is C16H21N5O2. The van der Waals surface area contributed by atoms with Crippen LogP contribution in [0.2, 0.25) is 0 Å². The van der Waals surface area contributed by atoms with Crippen LogP contribution < -0.4 is 10.6 Å². The highest BCUT2D eigenvalue weighted by molar-refractivity contribution is 5.75. The van der Waals surface area contributed by atoms with Gasteiger partial charge in [0, 0.05) is 11.7 Å². The molecule has 1 aromatic heterocycles. The predicted octanol–water partition coefficient (Wildman–Crippen LogP) is 3.96. The molecule has 0 saturated heterocycles. The number of hydrogen-bond acceptors (Lipinski definition) is 6. The minimum Gasteiger partial charge on any atom is -0.362 e. The second kappa shape index (κ2) is 7.04. The first kappa shape index (κ1) is 16.7. The van der Waals surface area contributed by atoms with Gasteiger partial charge in [-0.2, -0.15) is 0 Å². The molecule has 2 rings (SSSR count). The highest BCUT2D eigenvalue weighted by Gasteiger charge is 2.24. The molecule has 0 aliphatic carbocycles. The molecule has 1 aromatic carbocycles. The third-order valence-corrected chi connectivity index (χ3v) is 3.65. The first-order chi connectivity index (χ1) is 10.9. The van der Waals surface area contributed by atoms with E-state index in [1.807, 2.05) is 45.9 Å². The minimum atomic E-state index is -0.460. The molecule has 0 radical (unpaired) electrons. The molecule has 0 aliphatic heterocycles. The lowest BCUT2D eigenvalue weighted by atomic mass is 10.1. The monoisotopic (exact) mass is 315 g/mol. The molecule has 1 heterocycles. The first-order valence-electron chi connectivity index (χ1n) is 7.52. The van der Waals surface area contributed by atoms with Crippen molar-refractivity contribution in [2.24, 2.45) is 0 Å². The van der Waals surface area contributed by atoms with E-state index in [9.17, 15) is 10.1 Å². The van der Waals surface area contributed by atoms with Gasteiger partial charge in [0.15, 0.2) is 0 Å². The largest absolute Gasteiger partial charge is 0.362 e. The van der Waals surface area contributed by atoms with Crippen molar-refractivity contribution in [1.82, 2.24) is 9.97 Å². The van der Waals surface area contributed by atoms with Gasteiger partial charge < -0.3 is 10.6 Å². The summed E-state index contributed by atoms with van der Waals surface area (Å²) in [5, 5.41) is 17.6. The molecule has 0 aliphatic rings. The Morgan fingerprint density at radius 3 is 2.61 bits per heavy atom.